The van der Waals surface area contributed by atoms with Crippen molar-refractivity contribution < 1.29 is 49.3 Å². The molecule has 0 aliphatic carbocycles. The molecule has 0 aromatic rings. The zero-order valence-corrected chi connectivity index (χ0v) is 52.1. The van der Waals surface area contributed by atoms with Crippen LogP contribution in [0.4, 0.5) is 0 Å². The summed E-state index contributed by atoms with van der Waals surface area (Å²) >= 11 is 0. The predicted molar refractivity (Wildman–Crippen MR) is 342 cm³/mol. The van der Waals surface area contributed by atoms with Crippen molar-refractivity contribution in [2.45, 2.75) is 314 Å². The standard InChI is InChI=1S/C71H121NO10/c1-4-7-10-13-16-19-22-25-27-28-29-30-31-32-33-34-35-36-37-38-39-41-44-47-50-53-56-59-66(76)82-69-68(78)67(77)65(60-73)81-71(69)80-61-62(63(74)57-54-51-48-45-42-24-21-18-15-12-9-6-3)72-70(79)64(75)58-55-52-49-46-43-40-26-23-20-17-14-11-8-5-2/h7-8,10-11,14,16-17,19-20,23,25,27,29-30,32-33,54,57,62-65,67-69,71,73-75,77-78H,4-6,9,12-13,15,18,21-22,24,26,28,31,34-53,55-56,58-61H2,1-3H3,(H,72,79)/b10-7-,11-8+,17-14+,19-16-,23-20+,27-25-,30-29-,33-32-,57-54+. The van der Waals surface area contributed by atoms with E-state index in [9.17, 15) is 35.1 Å². The van der Waals surface area contributed by atoms with Gasteiger partial charge in [0.15, 0.2) is 12.4 Å². The van der Waals surface area contributed by atoms with Gasteiger partial charge in [0.2, 0.25) is 5.91 Å². The molecule has 1 heterocycles. The maximum atomic E-state index is 13.4. The van der Waals surface area contributed by atoms with Crippen molar-refractivity contribution in [2.75, 3.05) is 13.2 Å². The van der Waals surface area contributed by atoms with Crippen LogP contribution in [0, 0.1) is 0 Å². The van der Waals surface area contributed by atoms with Gasteiger partial charge >= 0.3 is 5.97 Å². The van der Waals surface area contributed by atoms with Crippen molar-refractivity contribution in [3.05, 3.63) is 109 Å². The summed E-state index contributed by atoms with van der Waals surface area (Å²) in [6.45, 7) is 5.54. The van der Waals surface area contributed by atoms with Gasteiger partial charge in [-0.3, -0.25) is 9.59 Å². The summed E-state index contributed by atoms with van der Waals surface area (Å²) in [5.74, 6) is -1.21. The first-order valence-corrected chi connectivity index (χ1v) is 33.2. The molecule has 0 aromatic heterocycles. The summed E-state index contributed by atoms with van der Waals surface area (Å²) < 4.78 is 17.6. The Labute approximate surface area is 500 Å². The number of hydrogen-bond donors (Lipinski definition) is 6. The third kappa shape index (κ3) is 44.8. The van der Waals surface area contributed by atoms with E-state index in [0.29, 0.717) is 12.8 Å². The molecule has 1 aliphatic heterocycles. The van der Waals surface area contributed by atoms with Crippen molar-refractivity contribution in [2.24, 2.45) is 0 Å². The van der Waals surface area contributed by atoms with Gasteiger partial charge in [-0.1, -0.05) is 278 Å². The van der Waals surface area contributed by atoms with E-state index in [4.69, 9.17) is 14.2 Å². The predicted octanol–water partition coefficient (Wildman–Crippen LogP) is 16.4. The normalized spacial score (nSPS) is 19.3. The molecular weight excluding hydrogens is 1030 g/mol. The SMILES string of the molecule is CC/C=C\C/C=C\C/C=C\C/C=C\C/C=C\CCCCCCCCCCCCCC(=O)OC1C(OCC(NC(=O)C(O)CCCCCCCC/C=C/C=C/C=C/CC)C(O)/C=C/CCCCCCCCCCCC)OC(CO)C(O)C1O. The minimum atomic E-state index is -1.62. The maximum absolute atomic E-state index is 13.4. The van der Waals surface area contributed by atoms with E-state index >= 15 is 0 Å². The molecule has 1 amide bonds. The quantitative estimate of drug-likeness (QED) is 0.0149. The lowest BCUT2D eigenvalue weighted by atomic mass is 9.99. The number of unbranched alkanes of at least 4 members (excludes halogenated alkanes) is 27. The molecule has 0 spiro atoms. The smallest absolute Gasteiger partial charge is 0.306 e. The van der Waals surface area contributed by atoms with Gasteiger partial charge in [0.25, 0.3) is 0 Å². The fourth-order valence-corrected chi connectivity index (χ4v) is 9.80. The molecule has 470 valence electrons. The molecule has 1 saturated heterocycles. The van der Waals surface area contributed by atoms with Crippen LogP contribution in [-0.4, -0.2) is 99.6 Å². The van der Waals surface area contributed by atoms with Crippen LogP contribution in [0.1, 0.15) is 265 Å². The number of rotatable bonds is 55. The minimum Gasteiger partial charge on any atom is -0.454 e. The molecule has 1 aliphatic rings. The van der Waals surface area contributed by atoms with E-state index in [1.54, 1.807) is 6.08 Å². The second kappa shape index (κ2) is 57.7. The fourth-order valence-electron chi connectivity index (χ4n) is 9.80. The number of ether oxygens (including phenoxy) is 3. The summed E-state index contributed by atoms with van der Waals surface area (Å²) in [5.41, 5.74) is 0. The van der Waals surface area contributed by atoms with E-state index in [1.165, 1.54) is 96.3 Å². The van der Waals surface area contributed by atoms with Gasteiger partial charge in [0, 0.05) is 6.42 Å². The van der Waals surface area contributed by atoms with Crippen LogP contribution in [0.25, 0.3) is 0 Å². The van der Waals surface area contributed by atoms with Gasteiger partial charge in [0.1, 0.15) is 24.4 Å². The summed E-state index contributed by atoms with van der Waals surface area (Å²) in [4.78, 5) is 26.6. The largest absolute Gasteiger partial charge is 0.454 e. The highest BCUT2D eigenvalue weighted by Crippen LogP contribution is 2.26. The van der Waals surface area contributed by atoms with Gasteiger partial charge in [-0.05, 0) is 89.9 Å². The highest BCUT2D eigenvalue weighted by atomic mass is 16.7. The first kappa shape index (κ1) is 76.3. The lowest BCUT2D eigenvalue weighted by Gasteiger charge is -2.41. The van der Waals surface area contributed by atoms with Gasteiger partial charge in [0.05, 0.1) is 25.4 Å². The van der Waals surface area contributed by atoms with Gasteiger partial charge < -0.3 is 45.1 Å². The monoisotopic (exact) mass is 1150 g/mol. The van der Waals surface area contributed by atoms with E-state index in [2.05, 4.69) is 111 Å². The third-order valence-electron chi connectivity index (χ3n) is 15.0. The van der Waals surface area contributed by atoms with Gasteiger partial charge in [-0.15, -0.1) is 0 Å². The molecule has 82 heavy (non-hydrogen) atoms. The Balaban J connectivity index is 2.58. The zero-order chi connectivity index (χ0) is 59.6. The van der Waals surface area contributed by atoms with E-state index in [0.717, 1.165) is 122 Å². The molecule has 0 radical (unpaired) electrons. The molecule has 11 heteroatoms. The Kier molecular flexibility index (Phi) is 53.7. The molecule has 6 N–H and O–H groups in total. The number of esters is 1. The highest BCUT2D eigenvalue weighted by molar-refractivity contribution is 5.80. The second-order valence-electron chi connectivity index (χ2n) is 22.5. The van der Waals surface area contributed by atoms with Crippen molar-refractivity contribution in [1.29, 1.82) is 0 Å². The van der Waals surface area contributed by atoms with Crippen LogP contribution in [0.2, 0.25) is 0 Å². The van der Waals surface area contributed by atoms with Crippen LogP contribution in [0.5, 0.6) is 0 Å². The average molecular weight is 1150 g/mol. The Morgan fingerprint density at radius 1 is 0.500 bits per heavy atom. The van der Waals surface area contributed by atoms with E-state index in [1.807, 2.05) is 18.2 Å². The number of carbonyl (C=O) groups excluding carboxylic acids is 2. The molecule has 8 unspecified atom stereocenters. The minimum absolute atomic E-state index is 0.113. The Bertz CT molecular complexity index is 1750. The molecule has 0 bridgehead atoms. The topological polar surface area (TPSA) is 175 Å². The number of aliphatic hydroxyl groups is 5. The number of hydrogen-bond acceptors (Lipinski definition) is 10. The van der Waals surface area contributed by atoms with Crippen LogP contribution in [-0.2, 0) is 23.8 Å². The molecule has 11 nitrogen and oxygen atoms in total. The molecule has 1 fully saturated rings. The average Bonchev–Trinajstić information content (AvgIpc) is 3.48. The Morgan fingerprint density at radius 3 is 1.45 bits per heavy atom. The molecule has 8 atom stereocenters. The number of carbonyl (C=O) groups is 2. The first-order valence-electron chi connectivity index (χ1n) is 33.2. The molecular formula is C71H121NO10. The molecule has 1 rings (SSSR count). The Morgan fingerprint density at radius 2 is 0.939 bits per heavy atom. The van der Waals surface area contributed by atoms with Crippen LogP contribution < -0.4 is 5.32 Å². The second-order valence-corrected chi connectivity index (χ2v) is 22.5. The number of nitrogens with one attached hydrogen (secondary N) is 1. The lowest BCUT2D eigenvalue weighted by Crippen LogP contribution is -2.61. The number of aliphatic hydroxyl groups excluding tert-OH is 5. The van der Waals surface area contributed by atoms with Gasteiger partial charge in [-0.25, -0.2) is 0 Å². The number of allylic oxidation sites excluding steroid dienone is 17. The van der Waals surface area contributed by atoms with Gasteiger partial charge in [-0.2, -0.15) is 0 Å². The fraction of sp³-hybridized carbons (Fsp3) is 0.718. The van der Waals surface area contributed by atoms with Crippen LogP contribution >= 0.6 is 0 Å². The maximum Gasteiger partial charge on any atom is 0.306 e. The number of amides is 1. The third-order valence-corrected chi connectivity index (χ3v) is 15.0. The molecule has 0 aromatic carbocycles. The van der Waals surface area contributed by atoms with Crippen LogP contribution in [0.15, 0.2) is 109 Å². The molecule has 0 saturated carbocycles. The van der Waals surface area contributed by atoms with E-state index < -0.39 is 67.4 Å². The zero-order valence-electron chi connectivity index (χ0n) is 52.1. The van der Waals surface area contributed by atoms with Crippen molar-refractivity contribution in [3.63, 3.8) is 0 Å². The van der Waals surface area contributed by atoms with Crippen molar-refractivity contribution >= 4 is 11.9 Å². The summed E-state index contributed by atoms with van der Waals surface area (Å²) in [6, 6.07) is -1.04. The Hall–Kier alpha value is -3.68. The van der Waals surface area contributed by atoms with E-state index in [-0.39, 0.29) is 19.4 Å². The lowest BCUT2D eigenvalue weighted by molar-refractivity contribution is -0.305. The van der Waals surface area contributed by atoms with Crippen molar-refractivity contribution in [3.8, 4) is 0 Å². The summed E-state index contributed by atoms with van der Waals surface area (Å²) in [7, 11) is 0. The first-order chi connectivity index (χ1) is 40.2. The summed E-state index contributed by atoms with van der Waals surface area (Å²) in [5, 5.41) is 57.1. The van der Waals surface area contributed by atoms with Crippen molar-refractivity contribution in [1.82, 2.24) is 5.32 Å². The summed E-state index contributed by atoms with van der Waals surface area (Å²) in [6.07, 6.45) is 68.4. The highest BCUT2D eigenvalue weighted by Gasteiger charge is 2.47. The van der Waals surface area contributed by atoms with Crippen LogP contribution in [0.3, 0.4) is 0 Å².